The Bertz CT molecular complexity index is 846. The number of nitrogens with one attached hydrogen (secondary N) is 1. The molecule has 24 heavy (non-hydrogen) atoms. The van der Waals surface area contributed by atoms with E-state index in [9.17, 15) is 9.59 Å². The van der Waals surface area contributed by atoms with E-state index in [4.69, 9.17) is 5.26 Å². The summed E-state index contributed by atoms with van der Waals surface area (Å²) >= 11 is 3.39. The highest BCUT2D eigenvalue weighted by Gasteiger charge is 2.28. The van der Waals surface area contributed by atoms with Crippen molar-refractivity contribution in [2.45, 2.75) is 18.9 Å². The lowest BCUT2D eigenvalue weighted by molar-refractivity contribution is -0.130. The zero-order valence-corrected chi connectivity index (χ0v) is 14.4. The van der Waals surface area contributed by atoms with E-state index >= 15 is 0 Å². The smallest absolute Gasteiger partial charge is 0.252 e. The molecule has 1 aromatic carbocycles. The number of likely N-dealkylation sites (tertiary alicyclic amines) is 1. The molecule has 0 bridgehead atoms. The molecule has 1 aromatic heterocycles. The van der Waals surface area contributed by atoms with Gasteiger partial charge in [-0.1, -0.05) is 15.9 Å². The standard InChI is InChI=1S/C17H15BrN4O2/c18-11-3-4-15-14(8-11)13(5-6-20-15)17(24)21-10-16(23)22-7-1-2-12(22)9-19/h3-6,8,12H,1-2,7,10H2,(H,21,24). The maximum atomic E-state index is 12.5. The summed E-state index contributed by atoms with van der Waals surface area (Å²) in [7, 11) is 0. The number of carbonyl (C=O) groups is 2. The van der Waals surface area contributed by atoms with E-state index in [1.807, 2.05) is 18.2 Å². The third kappa shape index (κ3) is 3.24. The van der Waals surface area contributed by atoms with Crippen LogP contribution in [0.5, 0.6) is 0 Å². The van der Waals surface area contributed by atoms with Gasteiger partial charge in [-0.15, -0.1) is 0 Å². The fraction of sp³-hybridized carbons (Fsp3) is 0.294. The Labute approximate surface area is 147 Å². The molecule has 6 nitrogen and oxygen atoms in total. The second kappa shape index (κ2) is 6.97. The molecule has 1 fully saturated rings. The number of amides is 2. The molecule has 1 aliphatic heterocycles. The zero-order valence-electron chi connectivity index (χ0n) is 12.8. The molecule has 0 saturated carbocycles. The number of fused-ring (bicyclic) bond motifs is 1. The molecule has 1 atom stereocenters. The third-order valence-electron chi connectivity index (χ3n) is 4.07. The molecule has 0 aliphatic carbocycles. The molecule has 2 heterocycles. The Morgan fingerprint density at radius 2 is 2.25 bits per heavy atom. The van der Waals surface area contributed by atoms with Gasteiger partial charge >= 0.3 is 0 Å². The number of aromatic nitrogens is 1. The van der Waals surface area contributed by atoms with Gasteiger partial charge in [0.05, 0.1) is 23.7 Å². The molecule has 1 unspecified atom stereocenters. The average Bonchev–Trinajstić information content (AvgIpc) is 3.07. The molecular weight excluding hydrogens is 372 g/mol. The first-order valence-corrected chi connectivity index (χ1v) is 8.41. The molecule has 122 valence electrons. The van der Waals surface area contributed by atoms with E-state index in [1.54, 1.807) is 12.3 Å². The van der Waals surface area contributed by atoms with E-state index in [0.717, 1.165) is 10.9 Å². The van der Waals surface area contributed by atoms with Gasteiger partial charge in [0.2, 0.25) is 5.91 Å². The molecule has 0 radical (unpaired) electrons. The van der Waals surface area contributed by atoms with Gasteiger partial charge in [0.15, 0.2) is 0 Å². The van der Waals surface area contributed by atoms with Gasteiger partial charge in [0.25, 0.3) is 5.91 Å². The normalized spacial score (nSPS) is 16.8. The maximum Gasteiger partial charge on any atom is 0.252 e. The van der Waals surface area contributed by atoms with Crippen LogP contribution in [-0.2, 0) is 4.79 Å². The van der Waals surface area contributed by atoms with Crippen LogP contribution in [-0.4, -0.2) is 40.8 Å². The molecule has 2 amide bonds. The summed E-state index contributed by atoms with van der Waals surface area (Å²) < 4.78 is 0.849. The van der Waals surface area contributed by atoms with Crippen molar-refractivity contribution in [3.8, 4) is 6.07 Å². The van der Waals surface area contributed by atoms with E-state index in [1.165, 1.54) is 4.90 Å². The van der Waals surface area contributed by atoms with E-state index in [-0.39, 0.29) is 24.4 Å². The van der Waals surface area contributed by atoms with E-state index in [2.05, 4.69) is 32.3 Å². The van der Waals surface area contributed by atoms with Crippen LogP contribution in [0.15, 0.2) is 34.9 Å². The van der Waals surface area contributed by atoms with Gasteiger partial charge in [-0.05, 0) is 37.1 Å². The van der Waals surface area contributed by atoms with Crippen molar-refractivity contribution in [1.82, 2.24) is 15.2 Å². The van der Waals surface area contributed by atoms with Crippen LogP contribution in [0, 0.1) is 11.3 Å². The van der Waals surface area contributed by atoms with Gasteiger partial charge in [-0.3, -0.25) is 14.6 Å². The maximum absolute atomic E-state index is 12.5. The summed E-state index contributed by atoms with van der Waals surface area (Å²) in [6, 6.07) is 8.87. The van der Waals surface area contributed by atoms with Gasteiger partial charge in [0, 0.05) is 22.6 Å². The quantitative estimate of drug-likeness (QED) is 0.875. The number of carbonyl (C=O) groups excluding carboxylic acids is 2. The second-order valence-corrected chi connectivity index (χ2v) is 6.49. The van der Waals surface area contributed by atoms with Gasteiger partial charge in [-0.2, -0.15) is 5.26 Å². The van der Waals surface area contributed by atoms with Crippen LogP contribution in [0.4, 0.5) is 0 Å². The van der Waals surface area contributed by atoms with Crippen LogP contribution >= 0.6 is 15.9 Å². The molecule has 0 spiro atoms. The van der Waals surface area contributed by atoms with Crippen molar-refractivity contribution in [3.63, 3.8) is 0 Å². The van der Waals surface area contributed by atoms with Crippen molar-refractivity contribution in [1.29, 1.82) is 5.26 Å². The lowest BCUT2D eigenvalue weighted by Crippen LogP contribution is -2.42. The number of pyridine rings is 1. The number of halogens is 1. The predicted molar refractivity (Wildman–Crippen MR) is 92.1 cm³/mol. The van der Waals surface area contributed by atoms with Crippen LogP contribution in [0.3, 0.4) is 0 Å². The highest BCUT2D eigenvalue weighted by Crippen LogP contribution is 2.21. The van der Waals surface area contributed by atoms with E-state index < -0.39 is 0 Å². The summed E-state index contributed by atoms with van der Waals surface area (Å²) in [5, 5.41) is 12.4. The Morgan fingerprint density at radius 1 is 1.42 bits per heavy atom. The predicted octanol–water partition coefficient (Wildman–Crippen LogP) is 2.24. The third-order valence-corrected chi connectivity index (χ3v) is 4.56. The monoisotopic (exact) mass is 386 g/mol. The Balaban J connectivity index is 1.73. The average molecular weight is 387 g/mol. The van der Waals surface area contributed by atoms with Crippen molar-refractivity contribution >= 4 is 38.6 Å². The van der Waals surface area contributed by atoms with Gasteiger partial charge in [0.1, 0.15) is 6.04 Å². The van der Waals surface area contributed by atoms with Gasteiger partial charge < -0.3 is 10.2 Å². The van der Waals surface area contributed by atoms with Crippen molar-refractivity contribution < 1.29 is 9.59 Å². The highest BCUT2D eigenvalue weighted by atomic mass is 79.9. The fourth-order valence-electron chi connectivity index (χ4n) is 2.87. The Morgan fingerprint density at radius 3 is 3.04 bits per heavy atom. The summed E-state index contributed by atoms with van der Waals surface area (Å²) in [5.74, 6) is -0.562. The minimum atomic E-state index is -0.382. The topological polar surface area (TPSA) is 86.1 Å². The molecule has 2 aromatic rings. The van der Waals surface area contributed by atoms with E-state index in [0.29, 0.717) is 29.4 Å². The molecule has 1 saturated heterocycles. The summed E-state index contributed by atoms with van der Waals surface area (Å²) in [5.41, 5.74) is 1.17. The van der Waals surface area contributed by atoms with Gasteiger partial charge in [-0.25, -0.2) is 0 Å². The van der Waals surface area contributed by atoms with Crippen LogP contribution in [0.2, 0.25) is 0 Å². The molecule has 7 heteroatoms. The first-order chi connectivity index (χ1) is 11.6. The Hall–Kier alpha value is -2.46. The second-order valence-electron chi connectivity index (χ2n) is 5.58. The summed E-state index contributed by atoms with van der Waals surface area (Å²) in [4.78, 5) is 30.4. The zero-order chi connectivity index (χ0) is 17.1. The summed E-state index contributed by atoms with van der Waals surface area (Å²) in [6.45, 7) is 0.451. The molecule has 1 N–H and O–H groups in total. The fourth-order valence-corrected chi connectivity index (χ4v) is 3.23. The van der Waals surface area contributed by atoms with Crippen molar-refractivity contribution in [2.75, 3.05) is 13.1 Å². The van der Waals surface area contributed by atoms with Crippen molar-refractivity contribution in [3.05, 3.63) is 40.5 Å². The molecule has 3 rings (SSSR count). The first-order valence-electron chi connectivity index (χ1n) is 7.61. The minimum Gasteiger partial charge on any atom is -0.343 e. The number of hydrogen-bond acceptors (Lipinski definition) is 4. The summed E-state index contributed by atoms with van der Waals surface area (Å²) in [6.07, 6.45) is 3.08. The SMILES string of the molecule is N#CC1CCCN1C(=O)CNC(=O)c1ccnc2ccc(Br)cc12. The number of rotatable bonds is 3. The van der Waals surface area contributed by atoms with Crippen LogP contribution in [0.25, 0.3) is 10.9 Å². The van der Waals surface area contributed by atoms with Crippen molar-refractivity contribution in [2.24, 2.45) is 0 Å². The lowest BCUT2D eigenvalue weighted by Gasteiger charge is -2.19. The molecule has 1 aliphatic rings. The largest absolute Gasteiger partial charge is 0.343 e. The minimum absolute atomic E-state index is 0.116. The van der Waals surface area contributed by atoms with Crippen LogP contribution < -0.4 is 5.32 Å². The number of benzene rings is 1. The highest BCUT2D eigenvalue weighted by molar-refractivity contribution is 9.10. The number of hydrogen-bond donors (Lipinski definition) is 1. The number of nitrogens with zero attached hydrogens (tertiary/aromatic N) is 3. The number of nitriles is 1. The molecular formula is C17H15BrN4O2. The first kappa shape index (κ1) is 16.4. The lowest BCUT2D eigenvalue weighted by atomic mass is 10.1. The van der Waals surface area contributed by atoms with Crippen LogP contribution in [0.1, 0.15) is 23.2 Å². The Kier molecular flexibility index (Phi) is 4.76.